The minimum absolute atomic E-state index is 0.0310. The monoisotopic (exact) mass is 399 g/mol. The van der Waals surface area contributed by atoms with E-state index >= 15 is 0 Å². The number of para-hydroxylation sites is 1. The molecule has 2 amide bonds. The number of amidine groups is 1. The lowest BCUT2D eigenvalue weighted by Gasteiger charge is -2.18. The number of hydrogen-bond donors (Lipinski definition) is 1. The molecule has 7 heteroatoms. The van der Waals surface area contributed by atoms with Crippen molar-refractivity contribution in [2.24, 2.45) is 10.9 Å². The number of carbonyl (C=O) groups is 2. The Hall–Kier alpha value is -2.67. The summed E-state index contributed by atoms with van der Waals surface area (Å²) in [6.07, 6.45) is 0.0310. The van der Waals surface area contributed by atoms with Crippen molar-refractivity contribution in [3.8, 4) is 0 Å². The summed E-state index contributed by atoms with van der Waals surface area (Å²) < 4.78 is 13.0. The summed E-state index contributed by atoms with van der Waals surface area (Å²) >= 11 is 1.31. The van der Waals surface area contributed by atoms with Gasteiger partial charge in [0.25, 0.3) is 0 Å². The third-order valence-corrected chi connectivity index (χ3v) is 5.22. The zero-order chi connectivity index (χ0) is 20.1. The molecule has 0 radical (unpaired) electrons. The van der Waals surface area contributed by atoms with Gasteiger partial charge in [0.2, 0.25) is 11.8 Å². The van der Waals surface area contributed by atoms with Gasteiger partial charge in [0, 0.05) is 18.7 Å². The molecule has 3 rings (SSSR count). The molecule has 28 heavy (non-hydrogen) atoms. The van der Waals surface area contributed by atoms with Crippen LogP contribution in [0.1, 0.15) is 20.3 Å². The number of amides is 2. The number of benzene rings is 2. The number of nitrogens with one attached hydrogen (secondary N) is 1. The lowest BCUT2D eigenvalue weighted by Crippen LogP contribution is -2.36. The van der Waals surface area contributed by atoms with Crippen molar-refractivity contribution < 1.29 is 14.0 Å². The molecule has 1 aliphatic heterocycles. The number of thioether (sulfide) groups is 1. The van der Waals surface area contributed by atoms with E-state index in [0.29, 0.717) is 17.4 Å². The highest BCUT2D eigenvalue weighted by molar-refractivity contribution is 8.15. The van der Waals surface area contributed by atoms with Gasteiger partial charge < -0.3 is 5.32 Å². The third-order valence-electron chi connectivity index (χ3n) is 4.05. The second kappa shape index (κ2) is 9.01. The highest BCUT2D eigenvalue weighted by Crippen LogP contribution is 2.32. The van der Waals surface area contributed by atoms with Crippen molar-refractivity contribution in [1.29, 1.82) is 0 Å². The minimum atomic E-state index is -0.526. The molecule has 0 bridgehead atoms. The van der Waals surface area contributed by atoms with Crippen LogP contribution < -0.4 is 5.32 Å². The normalized spacial score (nSPS) is 18.1. The molecule has 5 nitrogen and oxygen atoms in total. The fourth-order valence-corrected chi connectivity index (χ4v) is 3.95. The zero-order valence-corrected chi connectivity index (χ0v) is 16.6. The highest BCUT2D eigenvalue weighted by atomic mass is 32.2. The molecule has 1 N–H and O–H groups in total. The van der Waals surface area contributed by atoms with Gasteiger partial charge in [-0.15, -0.1) is 0 Å². The molecular weight excluding hydrogens is 377 g/mol. The Morgan fingerprint density at radius 3 is 2.50 bits per heavy atom. The molecule has 2 aromatic carbocycles. The number of rotatable bonds is 6. The average molecular weight is 399 g/mol. The standard InChI is InChI=1S/C21H22FN3O2S/c1-14(2)13-25-20(27)18(28-21(25)24-16-6-4-3-5-7-16)12-19(26)23-17-10-8-15(22)9-11-17/h3-11,14,18H,12-13H2,1-2H3,(H,23,26)/t18-/m1/s1. The molecule has 0 aliphatic carbocycles. The van der Waals surface area contributed by atoms with Gasteiger partial charge in [0.1, 0.15) is 11.1 Å². The zero-order valence-electron chi connectivity index (χ0n) is 15.8. The first-order chi connectivity index (χ1) is 13.4. The minimum Gasteiger partial charge on any atom is -0.326 e. The first-order valence-electron chi connectivity index (χ1n) is 9.09. The summed E-state index contributed by atoms with van der Waals surface area (Å²) in [6, 6.07) is 15.0. The van der Waals surface area contributed by atoms with E-state index in [-0.39, 0.29) is 30.0 Å². The molecule has 0 aromatic heterocycles. The van der Waals surface area contributed by atoms with E-state index in [0.717, 1.165) is 5.69 Å². The van der Waals surface area contributed by atoms with Gasteiger partial charge in [-0.25, -0.2) is 9.38 Å². The lowest BCUT2D eigenvalue weighted by atomic mass is 10.2. The predicted octanol–water partition coefficient (Wildman–Crippen LogP) is 4.44. The van der Waals surface area contributed by atoms with Gasteiger partial charge in [-0.3, -0.25) is 14.5 Å². The number of halogens is 1. The van der Waals surface area contributed by atoms with Crippen molar-refractivity contribution in [3.63, 3.8) is 0 Å². The molecule has 1 heterocycles. The fraction of sp³-hybridized carbons (Fsp3) is 0.286. The van der Waals surface area contributed by atoms with Gasteiger partial charge in [-0.1, -0.05) is 43.8 Å². The molecular formula is C21H22FN3O2S. The van der Waals surface area contributed by atoms with E-state index in [1.165, 1.54) is 36.0 Å². The molecule has 146 valence electrons. The third kappa shape index (κ3) is 5.19. The summed E-state index contributed by atoms with van der Waals surface area (Å²) in [5, 5.41) is 2.80. The van der Waals surface area contributed by atoms with E-state index in [1.54, 1.807) is 4.90 Å². The number of aliphatic imine (C=N–C) groups is 1. The lowest BCUT2D eigenvalue weighted by molar-refractivity contribution is -0.128. The molecule has 1 atom stereocenters. The molecule has 1 fully saturated rings. The summed E-state index contributed by atoms with van der Waals surface area (Å²) in [5.41, 5.74) is 1.27. The quantitative estimate of drug-likeness (QED) is 0.781. The van der Waals surface area contributed by atoms with Crippen molar-refractivity contribution in [2.75, 3.05) is 11.9 Å². The van der Waals surface area contributed by atoms with Crippen molar-refractivity contribution in [3.05, 3.63) is 60.4 Å². The first-order valence-corrected chi connectivity index (χ1v) is 9.97. The van der Waals surface area contributed by atoms with Crippen LogP contribution in [-0.4, -0.2) is 33.7 Å². The Balaban J connectivity index is 1.72. The Morgan fingerprint density at radius 2 is 1.86 bits per heavy atom. The Kier molecular flexibility index (Phi) is 6.46. The van der Waals surface area contributed by atoms with Crippen LogP contribution in [0.2, 0.25) is 0 Å². The second-order valence-electron chi connectivity index (χ2n) is 6.94. The van der Waals surface area contributed by atoms with E-state index < -0.39 is 5.25 Å². The van der Waals surface area contributed by atoms with E-state index in [2.05, 4.69) is 10.3 Å². The van der Waals surface area contributed by atoms with Crippen molar-refractivity contribution in [1.82, 2.24) is 4.90 Å². The van der Waals surface area contributed by atoms with Gasteiger partial charge in [-0.05, 0) is 42.3 Å². The van der Waals surface area contributed by atoms with Crippen LogP contribution in [0.3, 0.4) is 0 Å². The second-order valence-corrected chi connectivity index (χ2v) is 8.11. The smallest absolute Gasteiger partial charge is 0.242 e. The molecule has 1 aliphatic rings. The van der Waals surface area contributed by atoms with Crippen LogP contribution in [0, 0.1) is 11.7 Å². The summed E-state index contributed by atoms with van der Waals surface area (Å²) in [6.45, 7) is 4.62. The Bertz CT molecular complexity index is 869. The van der Waals surface area contributed by atoms with E-state index in [4.69, 9.17) is 0 Å². The van der Waals surface area contributed by atoms with Crippen LogP contribution in [0.5, 0.6) is 0 Å². The first kappa shape index (κ1) is 20.1. The number of nitrogens with zero attached hydrogens (tertiary/aromatic N) is 2. The molecule has 0 spiro atoms. The fourth-order valence-electron chi connectivity index (χ4n) is 2.78. The average Bonchev–Trinajstić information content (AvgIpc) is 2.93. The van der Waals surface area contributed by atoms with Gasteiger partial charge >= 0.3 is 0 Å². The molecule has 0 saturated carbocycles. The molecule has 2 aromatic rings. The Labute approximate surface area is 168 Å². The summed E-state index contributed by atoms with van der Waals surface area (Å²) in [7, 11) is 0. The highest BCUT2D eigenvalue weighted by Gasteiger charge is 2.39. The van der Waals surface area contributed by atoms with E-state index in [9.17, 15) is 14.0 Å². The van der Waals surface area contributed by atoms with Gasteiger partial charge in [-0.2, -0.15) is 0 Å². The Morgan fingerprint density at radius 1 is 1.18 bits per heavy atom. The maximum absolute atomic E-state index is 13.0. The number of anilines is 1. The van der Waals surface area contributed by atoms with Crippen LogP contribution in [0.25, 0.3) is 0 Å². The van der Waals surface area contributed by atoms with Crippen LogP contribution in [0.4, 0.5) is 15.8 Å². The number of carbonyl (C=O) groups excluding carboxylic acids is 2. The number of hydrogen-bond acceptors (Lipinski definition) is 4. The topological polar surface area (TPSA) is 61.8 Å². The van der Waals surface area contributed by atoms with Crippen LogP contribution in [0.15, 0.2) is 59.6 Å². The summed E-state index contributed by atoms with van der Waals surface area (Å²) in [4.78, 5) is 31.5. The van der Waals surface area contributed by atoms with Gasteiger partial charge in [0.05, 0.1) is 5.69 Å². The van der Waals surface area contributed by atoms with Gasteiger partial charge in [0.15, 0.2) is 5.17 Å². The largest absolute Gasteiger partial charge is 0.326 e. The molecule has 0 unspecified atom stereocenters. The van der Waals surface area contributed by atoms with E-state index in [1.807, 2.05) is 44.2 Å². The van der Waals surface area contributed by atoms with Crippen molar-refractivity contribution in [2.45, 2.75) is 25.5 Å². The van der Waals surface area contributed by atoms with Crippen molar-refractivity contribution >= 4 is 40.1 Å². The predicted molar refractivity (Wildman–Crippen MR) is 111 cm³/mol. The summed E-state index contributed by atoms with van der Waals surface area (Å²) in [5.74, 6) is -0.492. The molecule has 1 saturated heterocycles. The maximum atomic E-state index is 13.0. The van der Waals surface area contributed by atoms with Crippen LogP contribution in [-0.2, 0) is 9.59 Å². The maximum Gasteiger partial charge on any atom is 0.242 e. The SMILES string of the molecule is CC(C)CN1C(=O)[C@@H](CC(=O)Nc2ccc(F)cc2)SC1=Nc1ccccc1. The van der Waals surface area contributed by atoms with Crippen LogP contribution >= 0.6 is 11.8 Å².